The largest absolute Gasteiger partial charge is 0.455 e. The molecule has 10 aromatic rings. The van der Waals surface area contributed by atoms with Crippen molar-refractivity contribution in [2.45, 2.75) is 43.9 Å². The van der Waals surface area contributed by atoms with Gasteiger partial charge < -0.3 is 9.32 Å². The molecule has 0 radical (unpaired) electrons. The summed E-state index contributed by atoms with van der Waals surface area (Å²) in [4.78, 5) is 2.48. The Balaban J connectivity index is 1.03. The molecular weight excluding hydrogens is 763 g/mol. The summed E-state index contributed by atoms with van der Waals surface area (Å²) in [6.45, 7) is 9.58. The molecule has 0 atom stereocenters. The molecule has 2 nitrogen and oxygen atoms in total. The van der Waals surface area contributed by atoms with Crippen molar-refractivity contribution in [3.05, 3.63) is 245 Å². The van der Waals surface area contributed by atoms with Gasteiger partial charge in [-0.3, -0.25) is 0 Å². The third kappa shape index (κ3) is 4.79. The predicted octanol–water partition coefficient (Wildman–Crippen LogP) is 16.0. The normalized spacial score (nSPS) is 15.4. The molecule has 0 fully saturated rings. The van der Waals surface area contributed by atoms with Gasteiger partial charge in [-0.05, 0) is 115 Å². The minimum atomic E-state index is -0.444. The van der Waals surface area contributed by atoms with Gasteiger partial charge in [0.1, 0.15) is 11.2 Å². The number of rotatable bonds is 4. The summed E-state index contributed by atoms with van der Waals surface area (Å²) in [5.41, 5.74) is 22.7. The molecule has 300 valence electrons. The van der Waals surface area contributed by atoms with Gasteiger partial charge in [0, 0.05) is 44.2 Å². The van der Waals surface area contributed by atoms with Crippen molar-refractivity contribution in [1.29, 1.82) is 0 Å². The van der Waals surface area contributed by atoms with E-state index in [-0.39, 0.29) is 10.8 Å². The average molecular weight is 808 g/mol. The van der Waals surface area contributed by atoms with Gasteiger partial charge in [-0.2, -0.15) is 0 Å². The third-order valence-electron chi connectivity index (χ3n) is 15.0. The topological polar surface area (TPSA) is 16.4 Å². The number of para-hydroxylation sites is 2. The molecule has 0 bridgehead atoms. The van der Waals surface area contributed by atoms with E-state index in [4.69, 9.17) is 4.42 Å². The van der Waals surface area contributed by atoms with Crippen LogP contribution in [0.3, 0.4) is 0 Å². The van der Waals surface area contributed by atoms with E-state index in [0.29, 0.717) is 0 Å². The van der Waals surface area contributed by atoms with Crippen LogP contribution in [-0.2, 0) is 16.2 Å². The first-order valence-electron chi connectivity index (χ1n) is 22.3. The zero-order valence-electron chi connectivity index (χ0n) is 35.9. The van der Waals surface area contributed by atoms with E-state index in [0.717, 1.165) is 50.1 Å². The van der Waals surface area contributed by atoms with E-state index in [1.165, 1.54) is 66.8 Å². The fourth-order valence-electron chi connectivity index (χ4n) is 12.0. The quantitative estimate of drug-likeness (QED) is 0.176. The maximum Gasteiger partial charge on any atom is 0.143 e. The van der Waals surface area contributed by atoms with Crippen molar-refractivity contribution in [2.75, 3.05) is 4.90 Å². The number of anilines is 3. The highest BCUT2D eigenvalue weighted by Crippen LogP contribution is 2.62. The standard InChI is InChI=1S/C61H45NO/c1-59(2)49-22-9-5-16-43(49)46-34-32-40(36-55(46)59)62(39-30-28-38(29-31-39)42-20-15-21-48-47-19-8-14-27-57(47)63-58(42)48)41-33-35-54-56(37-41)60(3,4)52-25-12-13-26-53(52)61(54)50-23-10-6-17-44(50)45-18-7-11-24-51(45)61/h5-37H,1-4H3. The van der Waals surface area contributed by atoms with Crippen molar-refractivity contribution in [3.8, 4) is 33.4 Å². The van der Waals surface area contributed by atoms with Crippen LogP contribution in [0, 0.1) is 0 Å². The second-order valence-corrected chi connectivity index (χ2v) is 18.8. The zero-order valence-corrected chi connectivity index (χ0v) is 35.9. The molecule has 2 heteroatoms. The van der Waals surface area contributed by atoms with Gasteiger partial charge in [0.15, 0.2) is 0 Å². The van der Waals surface area contributed by atoms with Crippen LogP contribution in [0.1, 0.15) is 72.2 Å². The van der Waals surface area contributed by atoms with E-state index in [2.05, 4.69) is 227 Å². The first-order valence-corrected chi connectivity index (χ1v) is 22.3. The summed E-state index contributed by atoms with van der Waals surface area (Å²) in [6, 6.07) is 74.7. The lowest BCUT2D eigenvalue weighted by Gasteiger charge is -2.47. The molecule has 0 amide bonds. The van der Waals surface area contributed by atoms with Gasteiger partial charge in [-0.1, -0.05) is 185 Å². The Morgan fingerprint density at radius 3 is 1.52 bits per heavy atom. The Hall–Kier alpha value is -7.42. The van der Waals surface area contributed by atoms with Crippen LogP contribution >= 0.6 is 0 Å². The molecule has 3 aliphatic rings. The van der Waals surface area contributed by atoms with Gasteiger partial charge in [-0.15, -0.1) is 0 Å². The van der Waals surface area contributed by atoms with Crippen molar-refractivity contribution in [3.63, 3.8) is 0 Å². The Bertz CT molecular complexity index is 3480. The highest BCUT2D eigenvalue weighted by molar-refractivity contribution is 6.09. The predicted molar refractivity (Wildman–Crippen MR) is 261 cm³/mol. The van der Waals surface area contributed by atoms with Crippen LogP contribution in [0.5, 0.6) is 0 Å². The molecule has 1 heterocycles. The molecule has 3 aliphatic carbocycles. The van der Waals surface area contributed by atoms with Crippen molar-refractivity contribution in [2.24, 2.45) is 0 Å². The van der Waals surface area contributed by atoms with Crippen molar-refractivity contribution >= 4 is 39.0 Å². The van der Waals surface area contributed by atoms with E-state index >= 15 is 0 Å². The van der Waals surface area contributed by atoms with Gasteiger partial charge in [0.05, 0.1) is 5.41 Å². The molecule has 0 unspecified atom stereocenters. The smallest absolute Gasteiger partial charge is 0.143 e. The van der Waals surface area contributed by atoms with E-state index in [1.807, 2.05) is 6.07 Å². The van der Waals surface area contributed by atoms with Crippen LogP contribution in [0.15, 0.2) is 205 Å². The number of fused-ring (bicyclic) bond motifs is 15. The van der Waals surface area contributed by atoms with E-state index < -0.39 is 5.41 Å². The van der Waals surface area contributed by atoms with Crippen LogP contribution < -0.4 is 4.90 Å². The molecule has 1 spiro atoms. The molecule has 9 aromatic carbocycles. The van der Waals surface area contributed by atoms with Gasteiger partial charge >= 0.3 is 0 Å². The molecule has 0 aliphatic heterocycles. The molecular formula is C61H45NO. The second kappa shape index (κ2) is 12.8. The Labute approximate surface area is 368 Å². The first-order chi connectivity index (χ1) is 30.8. The fraction of sp³-hybridized carbons (Fsp3) is 0.115. The number of hydrogen-bond acceptors (Lipinski definition) is 2. The number of hydrogen-bond donors (Lipinski definition) is 0. The Morgan fingerprint density at radius 2 is 0.810 bits per heavy atom. The number of benzene rings is 9. The summed E-state index contributed by atoms with van der Waals surface area (Å²) >= 11 is 0. The van der Waals surface area contributed by atoms with Crippen LogP contribution in [0.4, 0.5) is 17.1 Å². The average Bonchev–Trinajstić information content (AvgIpc) is 3.93. The minimum Gasteiger partial charge on any atom is -0.455 e. The first kappa shape index (κ1) is 36.3. The Kier molecular flexibility index (Phi) is 7.37. The Morgan fingerprint density at radius 1 is 0.333 bits per heavy atom. The fourth-order valence-corrected chi connectivity index (χ4v) is 12.0. The SMILES string of the molecule is CC1(C)c2ccccc2-c2ccc(N(c3ccc(-c4cccc5c4oc4ccccc45)cc3)c3ccc4c(c3)C(C)(C)c3ccccc3C43c4ccccc4-c4ccccc43)cc21. The maximum atomic E-state index is 6.51. The lowest BCUT2D eigenvalue weighted by atomic mass is 9.55. The third-order valence-corrected chi connectivity index (χ3v) is 15.0. The lowest BCUT2D eigenvalue weighted by Crippen LogP contribution is -2.40. The molecule has 0 saturated carbocycles. The highest BCUT2D eigenvalue weighted by atomic mass is 16.3. The van der Waals surface area contributed by atoms with Gasteiger partial charge in [0.25, 0.3) is 0 Å². The van der Waals surface area contributed by atoms with Crippen LogP contribution in [0.2, 0.25) is 0 Å². The highest BCUT2D eigenvalue weighted by Gasteiger charge is 2.53. The number of nitrogens with zero attached hydrogens (tertiary/aromatic N) is 1. The lowest BCUT2D eigenvalue weighted by molar-refractivity contribution is 0.563. The summed E-state index contributed by atoms with van der Waals surface area (Å²) in [7, 11) is 0. The monoisotopic (exact) mass is 807 g/mol. The zero-order chi connectivity index (χ0) is 42.2. The van der Waals surface area contributed by atoms with Crippen molar-refractivity contribution in [1.82, 2.24) is 0 Å². The van der Waals surface area contributed by atoms with Crippen LogP contribution in [0.25, 0.3) is 55.3 Å². The molecule has 63 heavy (non-hydrogen) atoms. The van der Waals surface area contributed by atoms with Gasteiger partial charge in [-0.25, -0.2) is 0 Å². The minimum absolute atomic E-state index is 0.139. The molecule has 0 N–H and O–H groups in total. The van der Waals surface area contributed by atoms with Gasteiger partial charge in [0.2, 0.25) is 0 Å². The van der Waals surface area contributed by atoms with Crippen LogP contribution in [-0.4, -0.2) is 0 Å². The summed E-state index contributed by atoms with van der Waals surface area (Å²) in [5, 5.41) is 2.28. The molecule has 13 rings (SSSR count). The number of furan rings is 1. The molecule has 1 aromatic heterocycles. The molecule has 0 saturated heterocycles. The van der Waals surface area contributed by atoms with Crippen molar-refractivity contribution < 1.29 is 4.42 Å². The summed E-state index contributed by atoms with van der Waals surface area (Å²) in [5.74, 6) is 0. The second-order valence-electron chi connectivity index (χ2n) is 18.8. The van der Waals surface area contributed by atoms with E-state index in [1.54, 1.807) is 0 Å². The summed E-state index contributed by atoms with van der Waals surface area (Å²) < 4.78 is 6.51. The summed E-state index contributed by atoms with van der Waals surface area (Å²) in [6.07, 6.45) is 0. The van der Waals surface area contributed by atoms with E-state index in [9.17, 15) is 0 Å². The maximum absolute atomic E-state index is 6.51.